The van der Waals surface area contributed by atoms with Crippen LogP contribution < -0.4 is 10.8 Å². The van der Waals surface area contributed by atoms with E-state index in [-0.39, 0.29) is 5.63 Å². The van der Waals surface area contributed by atoms with Gasteiger partial charge in [-0.05, 0) is 68.6 Å². The molecular weight excluding hydrogens is 328 g/mol. The average Bonchev–Trinajstić information content (AvgIpc) is 2.49. The number of nitrogens with two attached hydrogens (primary N) is 1. The molecule has 0 bridgehead atoms. The lowest BCUT2D eigenvalue weighted by Gasteiger charge is -2.30. The molecule has 130 valence electrons. The van der Waals surface area contributed by atoms with E-state index in [1.54, 1.807) is 0 Å². The van der Waals surface area contributed by atoms with Gasteiger partial charge in [0.25, 0.3) is 0 Å². The number of piperidine rings is 1. The Morgan fingerprint density at radius 1 is 1.17 bits per heavy atom. The minimum Gasteiger partial charge on any atom is -0.423 e. The van der Waals surface area contributed by atoms with Crippen LogP contribution in [-0.2, 0) is 16.6 Å². The predicted molar refractivity (Wildman–Crippen MR) is 93.4 cm³/mol. The molecule has 3 rings (SSSR count). The molecule has 0 amide bonds. The van der Waals surface area contributed by atoms with Crippen LogP contribution in [0.5, 0.6) is 0 Å². The molecule has 1 aliphatic heterocycles. The van der Waals surface area contributed by atoms with Gasteiger partial charge in [0.1, 0.15) is 5.58 Å². The largest absolute Gasteiger partial charge is 0.423 e. The number of rotatable bonds is 3. The van der Waals surface area contributed by atoms with Crippen molar-refractivity contribution in [1.29, 1.82) is 0 Å². The normalized spacial score (nSPS) is 17.5. The summed E-state index contributed by atoms with van der Waals surface area (Å²) in [6, 6.07) is 5.46. The number of nitrogens with zero attached hydrogens (tertiary/aromatic N) is 1. The number of fused-ring (bicyclic) bond motifs is 1. The molecule has 2 N–H and O–H groups in total. The van der Waals surface area contributed by atoms with Crippen LogP contribution in [0, 0.1) is 13.8 Å². The molecule has 0 radical (unpaired) electrons. The van der Waals surface area contributed by atoms with Crippen molar-refractivity contribution in [2.75, 3.05) is 13.1 Å². The molecule has 0 saturated carbocycles. The van der Waals surface area contributed by atoms with Gasteiger partial charge in [0.15, 0.2) is 0 Å². The minimum atomic E-state index is -3.47. The second-order valence-electron chi connectivity index (χ2n) is 6.59. The van der Waals surface area contributed by atoms with Crippen molar-refractivity contribution >= 4 is 21.0 Å². The molecule has 1 fully saturated rings. The average molecular weight is 350 g/mol. The van der Waals surface area contributed by atoms with E-state index in [1.165, 1.54) is 6.07 Å². The summed E-state index contributed by atoms with van der Waals surface area (Å²) in [5.41, 5.74) is 3.38. The van der Waals surface area contributed by atoms with Gasteiger partial charge < -0.3 is 4.42 Å². The monoisotopic (exact) mass is 350 g/mol. The van der Waals surface area contributed by atoms with E-state index in [2.05, 4.69) is 4.90 Å². The van der Waals surface area contributed by atoms with E-state index < -0.39 is 15.3 Å². The summed E-state index contributed by atoms with van der Waals surface area (Å²) in [4.78, 5) is 14.0. The van der Waals surface area contributed by atoms with Gasteiger partial charge in [0, 0.05) is 18.0 Å². The zero-order valence-electron chi connectivity index (χ0n) is 13.9. The molecule has 24 heavy (non-hydrogen) atoms. The highest BCUT2D eigenvalue weighted by molar-refractivity contribution is 7.89. The van der Waals surface area contributed by atoms with Crippen molar-refractivity contribution in [2.24, 2.45) is 5.14 Å². The number of benzene rings is 1. The Hall–Kier alpha value is -1.70. The zero-order valence-corrected chi connectivity index (χ0v) is 14.7. The molecule has 2 aromatic rings. The van der Waals surface area contributed by atoms with Gasteiger partial charge in [0.2, 0.25) is 10.0 Å². The summed E-state index contributed by atoms with van der Waals surface area (Å²) in [6.07, 6.45) is 1.05. The molecule has 0 aliphatic carbocycles. The number of likely N-dealkylation sites (tertiary alicyclic amines) is 1. The Bertz CT molecular complexity index is 925. The highest BCUT2D eigenvalue weighted by Gasteiger charge is 2.27. The second-order valence-corrected chi connectivity index (χ2v) is 8.43. The van der Waals surface area contributed by atoms with Gasteiger partial charge in [0.05, 0.1) is 5.25 Å². The number of hydrogen-bond acceptors (Lipinski definition) is 5. The van der Waals surface area contributed by atoms with Crippen molar-refractivity contribution in [3.05, 3.63) is 45.3 Å². The number of aryl methyl sites for hydroxylation is 2. The zero-order chi connectivity index (χ0) is 17.5. The number of hydrogen-bond donors (Lipinski definition) is 1. The third-order valence-corrected chi connectivity index (χ3v) is 6.24. The van der Waals surface area contributed by atoms with Gasteiger partial charge in [-0.3, -0.25) is 4.90 Å². The molecule has 1 aromatic heterocycles. The molecule has 7 heteroatoms. The lowest BCUT2D eigenvalue weighted by molar-refractivity contribution is 0.222. The maximum atomic E-state index is 11.8. The summed E-state index contributed by atoms with van der Waals surface area (Å²) in [5, 5.41) is 5.71. The standard InChI is InChI=1S/C17H22N2O4S/c1-11-7-15-13(9-17(20)23-16(15)8-12(11)2)10-19-5-3-14(4-6-19)24(18,21)22/h7-9,14H,3-6,10H2,1-2H3,(H2,18,21,22). The van der Waals surface area contributed by atoms with Crippen molar-refractivity contribution < 1.29 is 12.8 Å². The Morgan fingerprint density at radius 3 is 2.42 bits per heavy atom. The third-order valence-electron chi connectivity index (χ3n) is 4.84. The van der Waals surface area contributed by atoms with Crippen LogP contribution in [0.4, 0.5) is 0 Å². The van der Waals surface area contributed by atoms with Crippen LogP contribution >= 0.6 is 0 Å². The van der Waals surface area contributed by atoms with E-state index in [4.69, 9.17) is 9.56 Å². The lowest BCUT2D eigenvalue weighted by Crippen LogP contribution is -2.41. The maximum Gasteiger partial charge on any atom is 0.336 e. The topological polar surface area (TPSA) is 93.6 Å². The first kappa shape index (κ1) is 17.1. The summed E-state index contributed by atoms with van der Waals surface area (Å²) in [5.74, 6) is 0. The fourth-order valence-corrected chi connectivity index (χ4v) is 4.12. The molecule has 0 atom stereocenters. The highest BCUT2D eigenvalue weighted by Crippen LogP contribution is 2.24. The van der Waals surface area contributed by atoms with E-state index >= 15 is 0 Å². The van der Waals surface area contributed by atoms with Gasteiger partial charge in [-0.25, -0.2) is 18.4 Å². The van der Waals surface area contributed by atoms with E-state index in [9.17, 15) is 13.2 Å². The van der Waals surface area contributed by atoms with Crippen LogP contribution in [0.3, 0.4) is 0 Å². The van der Waals surface area contributed by atoms with Crippen LogP contribution in [0.1, 0.15) is 29.5 Å². The van der Waals surface area contributed by atoms with Crippen molar-refractivity contribution in [2.45, 2.75) is 38.5 Å². The van der Waals surface area contributed by atoms with Gasteiger partial charge in [-0.2, -0.15) is 0 Å². The summed E-state index contributed by atoms with van der Waals surface area (Å²) in [6.45, 7) is 5.91. The molecule has 0 unspecified atom stereocenters. The Kier molecular flexibility index (Phi) is 4.50. The Morgan fingerprint density at radius 2 is 1.79 bits per heavy atom. The smallest absolute Gasteiger partial charge is 0.336 e. The molecular formula is C17H22N2O4S. The number of primary sulfonamides is 1. The van der Waals surface area contributed by atoms with E-state index in [1.807, 2.05) is 26.0 Å². The maximum absolute atomic E-state index is 11.8. The summed E-state index contributed by atoms with van der Waals surface area (Å²) >= 11 is 0. The fraction of sp³-hybridized carbons (Fsp3) is 0.471. The van der Waals surface area contributed by atoms with E-state index in [0.717, 1.165) is 22.1 Å². The molecule has 1 saturated heterocycles. The first-order valence-electron chi connectivity index (χ1n) is 8.02. The first-order valence-corrected chi connectivity index (χ1v) is 9.63. The van der Waals surface area contributed by atoms with Crippen LogP contribution in [0.2, 0.25) is 0 Å². The molecule has 2 heterocycles. The fourth-order valence-electron chi connectivity index (χ4n) is 3.25. The predicted octanol–water partition coefficient (Wildman–Crippen LogP) is 1.66. The highest BCUT2D eigenvalue weighted by atomic mass is 32.2. The van der Waals surface area contributed by atoms with Crippen LogP contribution in [-0.4, -0.2) is 31.7 Å². The molecule has 1 aromatic carbocycles. The van der Waals surface area contributed by atoms with Crippen LogP contribution in [0.25, 0.3) is 11.0 Å². The molecule has 1 aliphatic rings. The van der Waals surface area contributed by atoms with Crippen molar-refractivity contribution in [3.63, 3.8) is 0 Å². The van der Waals surface area contributed by atoms with Gasteiger partial charge in [-0.1, -0.05) is 0 Å². The quantitative estimate of drug-likeness (QED) is 0.850. The SMILES string of the molecule is Cc1cc2oc(=O)cc(CN3CCC(S(N)(=O)=O)CC3)c2cc1C. The van der Waals surface area contributed by atoms with Crippen LogP contribution in [0.15, 0.2) is 27.4 Å². The van der Waals surface area contributed by atoms with Gasteiger partial charge in [-0.15, -0.1) is 0 Å². The molecule has 0 spiro atoms. The summed E-state index contributed by atoms with van der Waals surface area (Å²) in [7, 11) is -3.47. The number of sulfonamides is 1. The van der Waals surface area contributed by atoms with Gasteiger partial charge >= 0.3 is 5.63 Å². The summed E-state index contributed by atoms with van der Waals surface area (Å²) < 4.78 is 28.2. The minimum absolute atomic E-state index is 0.361. The lowest BCUT2D eigenvalue weighted by atomic mass is 10.0. The molecule has 6 nitrogen and oxygen atoms in total. The van der Waals surface area contributed by atoms with E-state index in [0.29, 0.717) is 38.1 Å². The van der Waals surface area contributed by atoms with Crippen molar-refractivity contribution in [1.82, 2.24) is 4.90 Å². The Balaban J connectivity index is 1.86. The third kappa shape index (κ3) is 3.53. The first-order chi connectivity index (χ1) is 11.2. The van der Waals surface area contributed by atoms with Crippen molar-refractivity contribution in [3.8, 4) is 0 Å². The Labute approximate surface area is 141 Å². The second kappa shape index (κ2) is 6.31.